The number of rotatable bonds is 40. The molecule has 0 fully saturated rings. The number of quaternary nitrogens is 1. The quantitative estimate of drug-likeness (QED) is 0.0284. The molecule has 0 aliphatic carbocycles. The van der Waals surface area contributed by atoms with Crippen molar-refractivity contribution in [2.24, 2.45) is 0 Å². The molecule has 1 N–H and O–H groups in total. The molecule has 2 atom stereocenters. The summed E-state index contributed by atoms with van der Waals surface area (Å²) >= 11 is 0. The van der Waals surface area contributed by atoms with Crippen molar-refractivity contribution >= 4 is 19.8 Å². The molecule has 0 bridgehead atoms. The lowest BCUT2D eigenvalue weighted by atomic mass is 10.0. The van der Waals surface area contributed by atoms with Crippen molar-refractivity contribution < 1.29 is 42.1 Å². The number of nitrogens with zero attached hydrogens (tertiary/aromatic N) is 1. The first-order chi connectivity index (χ1) is 25.0. The number of esters is 2. The maximum atomic E-state index is 12.6. The maximum Gasteiger partial charge on any atom is 0.472 e. The number of likely N-dealkylation sites (N-methyl/N-ethyl adjacent to an activating group) is 1. The summed E-state index contributed by atoms with van der Waals surface area (Å²) in [7, 11) is 1.49. The molecular formula is C42H85NO8P+. The van der Waals surface area contributed by atoms with Gasteiger partial charge in [-0.2, -0.15) is 0 Å². The smallest absolute Gasteiger partial charge is 0.462 e. The third-order valence-corrected chi connectivity index (χ3v) is 10.6. The fourth-order valence-corrected chi connectivity index (χ4v) is 6.93. The van der Waals surface area contributed by atoms with Crippen LogP contribution in [0.1, 0.15) is 206 Å². The van der Waals surface area contributed by atoms with Crippen molar-refractivity contribution in [3.63, 3.8) is 0 Å². The van der Waals surface area contributed by atoms with E-state index in [0.717, 1.165) is 38.5 Å². The first-order valence-electron chi connectivity index (χ1n) is 21.8. The molecule has 0 aromatic heterocycles. The van der Waals surface area contributed by atoms with Gasteiger partial charge in [0.05, 0.1) is 27.7 Å². The van der Waals surface area contributed by atoms with E-state index in [2.05, 4.69) is 13.8 Å². The van der Waals surface area contributed by atoms with Crippen molar-refractivity contribution in [1.82, 2.24) is 0 Å². The fraction of sp³-hybridized carbons (Fsp3) is 0.952. The average Bonchev–Trinajstić information content (AvgIpc) is 3.09. The Labute approximate surface area is 321 Å². The number of unbranched alkanes of at least 4 members (excludes halogenated alkanes) is 26. The van der Waals surface area contributed by atoms with Crippen molar-refractivity contribution in [1.29, 1.82) is 0 Å². The summed E-state index contributed by atoms with van der Waals surface area (Å²) in [6, 6.07) is 0. The standard InChI is InChI=1S/C42H84NO8P/c1-6-8-10-12-14-15-16-17-18-19-20-21-22-23-24-25-26-27-29-31-33-35-42(45)51-40(39-50-52(46,47)49-37-36-43(3,4)5)38-48-41(44)34-32-30-28-13-11-9-7-2/h40H,6-39H2,1-5H3/p+1. The zero-order valence-electron chi connectivity index (χ0n) is 34.8. The van der Waals surface area contributed by atoms with Crippen LogP contribution in [-0.4, -0.2) is 74.9 Å². The summed E-state index contributed by atoms with van der Waals surface area (Å²) in [5, 5.41) is 0. The minimum absolute atomic E-state index is 0.0363. The van der Waals surface area contributed by atoms with Gasteiger partial charge in [0.2, 0.25) is 0 Å². The first kappa shape index (κ1) is 51.0. The van der Waals surface area contributed by atoms with Gasteiger partial charge in [-0.05, 0) is 12.8 Å². The molecule has 0 spiro atoms. The molecule has 0 radical (unpaired) electrons. The second-order valence-corrected chi connectivity index (χ2v) is 17.6. The first-order valence-corrected chi connectivity index (χ1v) is 23.3. The molecule has 9 nitrogen and oxygen atoms in total. The normalized spacial score (nSPS) is 13.6. The number of phosphoric ester groups is 1. The number of phosphoric acid groups is 1. The van der Waals surface area contributed by atoms with Gasteiger partial charge >= 0.3 is 19.8 Å². The van der Waals surface area contributed by atoms with E-state index in [1.165, 1.54) is 141 Å². The molecule has 10 heteroatoms. The van der Waals surface area contributed by atoms with Crippen LogP contribution in [0, 0.1) is 0 Å². The number of hydrogen-bond acceptors (Lipinski definition) is 7. The van der Waals surface area contributed by atoms with Gasteiger partial charge in [-0.15, -0.1) is 0 Å². The van der Waals surface area contributed by atoms with Crippen molar-refractivity contribution in [2.45, 2.75) is 213 Å². The fourth-order valence-electron chi connectivity index (χ4n) is 6.19. The monoisotopic (exact) mass is 763 g/mol. The van der Waals surface area contributed by atoms with Gasteiger partial charge in [-0.1, -0.05) is 181 Å². The van der Waals surface area contributed by atoms with E-state index in [1.54, 1.807) is 0 Å². The molecule has 0 aromatic rings. The van der Waals surface area contributed by atoms with Gasteiger partial charge in [0.25, 0.3) is 0 Å². The molecule has 0 aromatic carbocycles. The Hall–Kier alpha value is -0.990. The largest absolute Gasteiger partial charge is 0.472 e. The topological polar surface area (TPSA) is 108 Å². The summed E-state index contributed by atoms with van der Waals surface area (Å²) in [5.74, 6) is -0.793. The zero-order valence-corrected chi connectivity index (χ0v) is 35.7. The second kappa shape index (κ2) is 35.7. The highest BCUT2D eigenvalue weighted by Crippen LogP contribution is 2.43. The highest BCUT2D eigenvalue weighted by Gasteiger charge is 2.27. The predicted octanol–water partition coefficient (Wildman–Crippen LogP) is 12.0. The van der Waals surface area contributed by atoms with Crippen LogP contribution in [0.5, 0.6) is 0 Å². The van der Waals surface area contributed by atoms with Gasteiger partial charge in [0, 0.05) is 12.8 Å². The Balaban J connectivity index is 4.15. The van der Waals surface area contributed by atoms with E-state index in [0.29, 0.717) is 17.4 Å². The summed E-state index contributed by atoms with van der Waals surface area (Å²) in [5.41, 5.74) is 0. The highest BCUT2D eigenvalue weighted by molar-refractivity contribution is 7.47. The van der Waals surface area contributed by atoms with E-state index < -0.39 is 26.5 Å². The van der Waals surface area contributed by atoms with Crippen LogP contribution in [-0.2, 0) is 32.7 Å². The molecule has 0 rings (SSSR count). The summed E-state index contributed by atoms with van der Waals surface area (Å²) in [6.07, 6.45) is 34.6. The molecule has 0 aliphatic rings. The second-order valence-electron chi connectivity index (χ2n) is 16.1. The molecule has 0 saturated heterocycles. The molecule has 0 heterocycles. The van der Waals surface area contributed by atoms with Crippen LogP contribution in [0.3, 0.4) is 0 Å². The van der Waals surface area contributed by atoms with E-state index in [4.69, 9.17) is 18.5 Å². The summed E-state index contributed by atoms with van der Waals surface area (Å²) in [6.45, 7) is 4.40. The van der Waals surface area contributed by atoms with Crippen molar-refractivity contribution in [2.75, 3.05) is 47.5 Å². The predicted molar refractivity (Wildman–Crippen MR) is 215 cm³/mol. The van der Waals surface area contributed by atoms with Crippen LogP contribution in [0.15, 0.2) is 0 Å². The average molecular weight is 763 g/mol. The van der Waals surface area contributed by atoms with Crippen molar-refractivity contribution in [3.05, 3.63) is 0 Å². The Bertz CT molecular complexity index is 865. The molecule has 52 heavy (non-hydrogen) atoms. The number of carbonyl (C=O) groups is 2. The highest BCUT2D eigenvalue weighted by atomic mass is 31.2. The Morgan fingerprint density at radius 2 is 0.865 bits per heavy atom. The number of hydrogen-bond donors (Lipinski definition) is 1. The Morgan fingerprint density at radius 1 is 0.519 bits per heavy atom. The molecule has 2 unspecified atom stereocenters. The molecule has 310 valence electrons. The summed E-state index contributed by atoms with van der Waals surface area (Å²) < 4.78 is 34.2. The van der Waals surface area contributed by atoms with Crippen LogP contribution in [0.4, 0.5) is 0 Å². The Kier molecular flexibility index (Phi) is 35.0. The lowest BCUT2D eigenvalue weighted by Crippen LogP contribution is -2.37. The summed E-state index contributed by atoms with van der Waals surface area (Å²) in [4.78, 5) is 35.1. The third kappa shape index (κ3) is 38.7. The zero-order chi connectivity index (χ0) is 38.6. The Morgan fingerprint density at radius 3 is 1.23 bits per heavy atom. The van der Waals surface area contributed by atoms with Gasteiger partial charge in [0.15, 0.2) is 6.10 Å². The lowest BCUT2D eigenvalue weighted by molar-refractivity contribution is -0.870. The van der Waals surface area contributed by atoms with E-state index in [1.807, 2.05) is 21.1 Å². The van der Waals surface area contributed by atoms with Gasteiger partial charge < -0.3 is 18.9 Å². The lowest BCUT2D eigenvalue weighted by Gasteiger charge is -2.24. The van der Waals surface area contributed by atoms with E-state index >= 15 is 0 Å². The van der Waals surface area contributed by atoms with E-state index in [9.17, 15) is 19.0 Å². The third-order valence-electron chi connectivity index (χ3n) is 9.64. The van der Waals surface area contributed by atoms with Gasteiger partial charge in [0.1, 0.15) is 19.8 Å². The number of ether oxygens (including phenoxy) is 2. The van der Waals surface area contributed by atoms with Crippen LogP contribution in [0.2, 0.25) is 0 Å². The molecular weight excluding hydrogens is 677 g/mol. The number of carbonyl (C=O) groups excluding carboxylic acids is 2. The maximum absolute atomic E-state index is 12.6. The van der Waals surface area contributed by atoms with Gasteiger partial charge in [-0.25, -0.2) is 4.57 Å². The minimum atomic E-state index is -4.36. The molecule has 0 saturated carbocycles. The van der Waals surface area contributed by atoms with Crippen LogP contribution < -0.4 is 0 Å². The van der Waals surface area contributed by atoms with Gasteiger partial charge in [-0.3, -0.25) is 18.6 Å². The van der Waals surface area contributed by atoms with Crippen molar-refractivity contribution in [3.8, 4) is 0 Å². The van der Waals surface area contributed by atoms with Crippen LogP contribution in [0.25, 0.3) is 0 Å². The molecule has 0 amide bonds. The SMILES string of the molecule is CCCCCCCCCCCCCCCCCCCCCCCC(=O)OC(COC(=O)CCCCCCCCC)COP(=O)(O)OCC[N+](C)(C)C. The van der Waals surface area contributed by atoms with E-state index in [-0.39, 0.29) is 25.6 Å². The van der Waals surface area contributed by atoms with Crippen LogP contribution >= 0.6 is 7.82 Å². The minimum Gasteiger partial charge on any atom is -0.462 e. The molecule has 0 aliphatic heterocycles.